The Labute approximate surface area is 129 Å². The van der Waals surface area contributed by atoms with E-state index < -0.39 is 0 Å². The number of rotatable bonds is 4. The van der Waals surface area contributed by atoms with Crippen LogP contribution in [0.15, 0.2) is 6.07 Å². The van der Waals surface area contributed by atoms with Crippen LogP contribution in [-0.4, -0.2) is 19.0 Å². The summed E-state index contributed by atoms with van der Waals surface area (Å²) in [6, 6.07) is 1.89. The first-order valence-electron chi connectivity index (χ1n) is 7.57. The van der Waals surface area contributed by atoms with Crippen molar-refractivity contribution < 1.29 is 14.3 Å². The highest BCUT2D eigenvalue weighted by Gasteiger charge is 2.26. The molecule has 21 heavy (non-hydrogen) atoms. The lowest BCUT2D eigenvalue weighted by Gasteiger charge is -2.25. The zero-order chi connectivity index (χ0) is 15.4. The molecule has 0 aliphatic heterocycles. The number of ether oxygens (including phenoxy) is 1. The van der Waals surface area contributed by atoms with Gasteiger partial charge < -0.3 is 10.1 Å². The number of esters is 1. The lowest BCUT2D eigenvalue weighted by molar-refractivity contribution is -0.121. The minimum absolute atomic E-state index is 0.0347. The average Bonchev–Trinajstić information content (AvgIpc) is 2.90. The predicted octanol–water partition coefficient (Wildman–Crippen LogP) is 3.86. The number of hydrogen-bond acceptors (Lipinski definition) is 4. The Balaban J connectivity index is 2.09. The van der Waals surface area contributed by atoms with Crippen molar-refractivity contribution in [3.63, 3.8) is 0 Å². The largest absolute Gasteiger partial charge is 0.465 e. The molecule has 0 unspecified atom stereocenters. The zero-order valence-electron chi connectivity index (χ0n) is 12.9. The fourth-order valence-corrected chi connectivity index (χ4v) is 3.68. The molecule has 1 amide bonds. The molecule has 2 rings (SSSR count). The Morgan fingerprint density at radius 2 is 2.00 bits per heavy atom. The molecule has 1 N–H and O–H groups in total. The van der Waals surface area contributed by atoms with Crippen molar-refractivity contribution in [1.29, 1.82) is 0 Å². The molecule has 0 bridgehead atoms. The van der Waals surface area contributed by atoms with E-state index in [9.17, 15) is 9.59 Å². The van der Waals surface area contributed by atoms with Gasteiger partial charge in [0, 0.05) is 10.8 Å². The van der Waals surface area contributed by atoms with Crippen LogP contribution in [0.4, 0.5) is 5.69 Å². The second kappa shape index (κ2) is 7.07. The van der Waals surface area contributed by atoms with Crippen LogP contribution in [0.5, 0.6) is 0 Å². The van der Waals surface area contributed by atoms with Crippen molar-refractivity contribution in [2.45, 2.75) is 46.0 Å². The molecule has 1 aliphatic rings. The zero-order valence-corrected chi connectivity index (χ0v) is 13.7. The van der Waals surface area contributed by atoms with Crippen LogP contribution in [-0.2, 0) is 16.0 Å². The normalized spacial score (nSPS) is 21.9. The lowest BCUT2D eigenvalue weighted by Crippen LogP contribution is -2.27. The highest BCUT2D eigenvalue weighted by atomic mass is 32.1. The maximum absolute atomic E-state index is 12.4. The summed E-state index contributed by atoms with van der Waals surface area (Å²) in [5.41, 5.74) is 0.604. The standard InChI is InChI=1S/C16H23NO3S/c1-4-12-9-13(14(21-12)16(19)20-3)17-15(18)11-7-5-10(2)6-8-11/h9-11H,4-8H2,1-3H3,(H,17,18). The molecule has 0 radical (unpaired) electrons. The van der Waals surface area contributed by atoms with E-state index in [1.165, 1.54) is 18.4 Å². The van der Waals surface area contributed by atoms with Gasteiger partial charge in [-0.3, -0.25) is 4.79 Å². The minimum Gasteiger partial charge on any atom is -0.465 e. The van der Waals surface area contributed by atoms with E-state index in [0.717, 1.165) is 37.0 Å². The van der Waals surface area contributed by atoms with E-state index in [1.54, 1.807) is 0 Å². The van der Waals surface area contributed by atoms with Crippen LogP contribution >= 0.6 is 11.3 Å². The molecule has 4 nitrogen and oxygen atoms in total. The van der Waals surface area contributed by atoms with Crippen molar-refractivity contribution in [3.8, 4) is 0 Å². The molecule has 1 aliphatic carbocycles. The predicted molar refractivity (Wildman–Crippen MR) is 84.8 cm³/mol. The molecule has 0 spiro atoms. The van der Waals surface area contributed by atoms with Gasteiger partial charge in [-0.15, -0.1) is 11.3 Å². The average molecular weight is 309 g/mol. The summed E-state index contributed by atoms with van der Waals surface area (Å²) in [5, 5.41) is 2.94. The van der Waals surface area contributed by atoms with Crippen LogP contribution in [0.25, 0.3) is 0 Å². The van der Waals surface area contributed by atoms with E-state index >= 15 is 0 Å². The Hall–Kier alpha value is -1.36. The van der Waals surface area contributed by atoms with Crippen LogP contribution in [0, 0.1) is 11.8 Å². The van der Waals surface area contributed by atoms with Crippen molar-refractivity contribution in [2.75, 3.05) is 12.4 Å². The van der Waals surface area contributed by atoms with Crippen LogP contribution in [0.3, 0.4) is 0 Å². The van der Waals surface area contributed by atoms with E-state index in [0.29, 0.717) is 16.5 Å². The maximum atomic E-state index is 12.4. The number of nitrogens with one attached hydrogen (secondary N) is 1. The fourth-order valence-electron chi connectivity index (χ4n) is 2.71. The van der Waals surface area contributed by atoms with Crippen molar-refractivity contribution in [3.05, 3.63) is 15.8 Å². The van der Waals surface area contributed by atoms with E-state index in [2.05, 4.69) is 12.2 Å². The van der Waals surface area contributed by atoms with Gasteiger partial charge in [0.25, 0.3) is 0 Å². The van der Waals surface area contributed by atoms with Gasteiger partial charge in [-0.1, -0.05) is 13.8 Å². The number of amides is 1. The molecule has 1 aromatic rings. The second-order valence-electron chi connectivity index (χ2n) is 5.75. The van der Waals surface area contributed by atoms with Crippen molar-refractivity contribution in [2.24, 2.45) is 11.8 Å². The van der Waals surface area contributed by atoms with Gasteiger partial charge >= 0.3 is 5.97 Å². The Bertz CT molecular complexity index is 516. The number of methoxy groups -OCH3 is 1. The van der Waals surface area contributed by atoms with Gasteiger partial charge in [0.15, 0.2) is 0 Å². The first-order chi connectivity index (χ1) is 10.0. The van der Waals surface area contributed by atoms with E-state index in [1.807, 2.05) is 13.0 Å². The Kier molecular flexibility index (Phi) is 5.39. The molecule has 0 aromatic carbocycles. The monoisotopic (exact) mass is 309 g/mol. The first kappa shape index (κ1) is 16.0. The molecule has 5 heteroatoms. The van der Waals surface area contributed by atoms with Crippen LogP contribution in [0.1, 0.15) is 54.1 Å². The number of carbonyl (C=O) groups is 2. The summed E-state index contributed by atoms with van der Waals surface area (Å²) in [6.07, 6.45) is 4.92. The summed E-state index contributed by atoms with van der Waals surface area (Å²) >= 11 is 1.39. The first-order valence-corrected chi connectivity index (χ1v) is 8.38. The molecule has 0 saturated heterocycles. The quantitative estimate of drug-likeness (QED) is 0.859. The van der Waals surface area contributed by atoms with Crippen LogP contribution < -0.4 is 5.32 Å². The minimum atomic E-state index is -0.382. The number of carbonyl (C=O) groups excluding carboxylic acids is 2. The summed E-state index contributed by atoms with van der Waals surface area (Å²) in [6.45, 7) is 4.26. The third-order valence-electron chi connectivity index (χ3n) is 4.15. The molecule has 1 aromatic heterocycles. The molecular formula is C16H23NO3S. The third kappa shape index (κ3) is 3.84. The molecule has 1 fully saturated rings. The van der Waals surface area contributed by atoms with Gasteiger partial charge in [-0.25, -0.2) is 4.79 Å². The topological polar surface area (TPSA) is 55.4 Å². The lowest BCUT2D eigenvalue weighted by atomic mass is 9.82. The van der Waals surface area contributed by atoms with Gasteiger partial charge in [0.2, 0.25) is 5.91 Å². The fraction of sp³-hybridized carbons (Fsp3) is 0.625. The molecule has 1 heterocycles. The highest BCUT2D eigenvalue weighted by Crippen LogP contribution is 2.32. The van der Waals surface area contributed by atoms with Crippen LogP contribution in [0.2, 0.25) is 0 Å². The van der Waals surface area contributed by atoms with Gasteiger partial charge in [-0.05, 0) is 44.1 Å². The Morgan fingerprint density at radius 1 is 1.33 bits per heavy atom. The van der Waals surface area contributed by atoms with Gasteiger partial charge in [0.1, 0.15) is 4.88 Å². The number of thiophene rings is 1. The number of anilines is 1. The van der Waals surface area contributed by atoms with Crippen molar-refractivity contribution in [1.82, 2.24) is 0 Å². The molecular weight excluding hydrogens is 286 g/mol. The van der Waals surface area contributed by atoms with E-state index in [-0.39, 0.29) is 17.8 Å². The number of hydrogen-bond donors (Lipinski definition) is 1. The van der Waals surface area contributed by atoms with Gasteiger partial charge in [-0.2, -0.15) is 0 Å². The SMILES string of the molecule is CCc1cc(NC(=O)C2CCC(C)CC2)c(C(=O)OC)s1. The summed E-state index contributed by atoms with van der Waals surface area (Å²) < 4.78 is 4.80. The molecule has 116 valence electrons. The maximum Gasteiger partial charge on any atom is 0.350 e. The number of aryl methyl sites for hydroxylation is 1. The Morgan fingerprint density at radius 3 is 2.57 bits per heavy atom. The van der Waals surface area contributed by atoms with Crippen molar-refractivity contribution >= 4 is 28.9 Å². The van der Waals surface area contributed by atoms with Gasteiger partial charge in [0.05, 0.1) is 12.8 Å². The highest BCUT2D eigenvalue weighted by molar-refractivity contribution is 7.14. The smallest absolute Gasteiger partial charge is 0.350 e. The summed E-state index contributed by atoms with van der Waals surface area (Å²) in [5.74, 6) is 0.434. The second-order valence-corrected chi connectivity index (χ2v) is 6.88. The third-order valence-corrected chi connectivity index (χ3v) is 5.41. The summed E-state index contributed by atoms with van der Waals surface area (Å²) in [4.78, 5) is 25.7. The van der Waals surface area contributed by atoms with E-state index in [4.69, 9.17) is 4.74 Å². The molecule has 0 atom stereocenters. The molecule has 1 saturated carbocycles. The summed E-state index contributed by atoms with van der Waals surface area (Å²) in [7, 11) is 1.36.